The molecular weight excluding hydrogens is 449 g/mol. The first-order valence-corrected chi connectivity index (χ1v) is 10.2. The maximum atomic E-state index is 6.11. The summed E-state index contributed by atoms with van der Waals surface area (Å²) < 4.78 is 6.11. The molecule has 0 amide bonds. The van der Waals surface area contributed by atoms with Crippen LogP contribution in [0.2, 0.25) is 0 Å². The van der Waals surface area contributed by atoms with Crippen LogP contribution in [0.15, 0.2) is 35.3 Å². The number of hydrogen-bond acceptors (Lipinski definition) is 2. The third-order valence-corrected chi connectivity index (χ3v) is 5.47. The Morgan fingerprint density at radius 3 is 2.63 bits per heavy atom. The molecule has 27 heavy (non-hydrogen) atoms. The lowest BCUT2D eigenvalue weighted by molar-refractivity contribution is -0.0823. The fourth-order valence-electron chi connectivity index (χ4n) is 4.11. The highest BCUT2D eigenvalue weighted by molar-refractivity contribution is 14.0. The number of halogens is 1. The lowest BCUT2D eigenvalue weighted by atomic mass is 9.78. The molecule has 2 aliphatic rings. The summed E-state index contributed by atoms with van der Waals surface area (Å²) in [7, 11) is 0. The third kappa shape index (κ3) is 6.34. The SMILES string of the molecule is CCNC(=NCC1CCCOC1C(C)(C)C)NC1CC1c1ccccc1.I. The number of nitrogens with one attached hydrogen (secondary N) is 2. The molecule has 3 rings (SSSR count). The minimum Gasteiger partial charge on any atom is -0.377 e. The summed E-state index contributed by atoms with van der Waals surface area (Å²) in [6.45, 7) is 11.6. The van der Waals surface area contributed by atoms with Gasteiger partial charge in [-0.05, 0) is 37.2 Å². The highest BCUT2D eigenvalue weighted by Crippen LogP contribution is 2.40. The first-order chi connectivity index (χ1) is 12.5. The minimum absolute atomic E-state index is 0. The molecule has 0 radical (unpaired) electrons. The second-order valence-electron chi connectivity index (χ2n) is 8.78. The minimum atomic E-state index is 0. The highest BCUT2D eigenvalue weighted by Gasteiger charge is 2.39. The van der Waals surface area contributed by atoms with Gasteiger partial charge >= 0.3 is 0 Å². The normalized spacial score (nSPS) is 28.2. The van der Waals surface area contributed by atoms with E-state index in [9.17, 15) is 0 Å². The van der Waals surface area contributed by atoms with Crippen molar-refractivity contribution in [1.29, 1.82) is 0 Å². The van der Waals surface area contributed by atoms with Crippen LogP contribution in [-0.4, -0.2) is 37.8 Å². The summed E-state index contributed by atoms with van der Waals surface area (Å²) in [5.74, 6) is 2.07. The van der Waals surface area contributed by atoms with Crippen LogP contribution in [0.5, 0.6) is 0 Å². The summed E-state index contributed by atoms with van der Waals surface area (Å²) in [6, 6.07) is 11.3. The zero-order chi connectivity index (χ0) is 18.6. The van der Waals surface area contributed by atoms with E-state index in [4.69, 9.17) is 9.73 Å². The Morgan fingerprint density at radius 2 is 1.96 bits per heavy atom. The van der Waals surface area contributed by atoms with Crippen LogP contribution in [0.25, 0.3) is 0 Å². The van der Waals surface area contributed by atoms with Gasteiger partial charge in [-0.3, -0.25) is 4.99 Å². The maximum Gasteiger partial charge on any atom is 0.191 e. The molecule has 4 nitrogen and oxygen atoms in total. The molecular formula is C22H36IN3O. The molecule has 2 fully saturated rings. The Morgan fingerprint density at radius 1 is 1.22 bits per heavy atom. The largest absolute Gasteiger partial charge is 0.377 e. The second kappa shape index (κ2) is 10.1. The van der Waals surface area contributed by atoms with Gasteiger partial charge in [0.1, 0.15) is 0 Å². The number of guanidine groups is 1. The van der Waals surface area contributed by atoms with Gasteiger partial charge in [0.25, 0.3) is 0 Å². The quantitative estimate of drug-likeness (QED) is 0.365. The number of hydrogen-bond donors (Lipinski definition) is 2. The van der Waals surface area contributed by atoms with Crippen molar-refractivity contribution in [3.05, 3.63) is 35.9 Å². The van der Waals surface area contributed by atoms with Gasteiger partial charge in [-0.15, -0.1) is 24.0 Å². The molecule has 1 aromatic rings. The van der Waals surface area contributed by atoms with E-state index in [1.165, 1.54) is 18.4 Å². The molecule has 1 saturated carbocycles. The number of benzene rings is 1. The second-order valence-corrected chi connectivity index (χ2v) is 8.78. The predicted octanol–water partition coefficient (Wildman–Crippen LogP) is 4.56. The average Bonchev–Trinajstić information content (AvgIpc) is 3.39. The Labute approximate surface area is 182 Å². The number of nitrogens with zero attached hydrogens (tertiary/aromatic N) is 1. The summed E-state index contributed by atoms with van der Waals surface area (Å²) in [4.78, 5) is 4.92. The Hall–Kier alpha value is -0.820. The van der Waals surface area contributed by atoms with Crippen molar-refractivity contribution in [1.82, 2.24) is 10.6 Å². The molecule has 1 aromatic carbocycles. The van der Waals surface area contributed by atoms with Crippen molar-refractivity contribution in [3.63, 3.8) is 0 Å². The highest BCUT2D eigenvalue weighted by atomic mass is 127. The molecule has 1 heterocycles. The van der Waals surface area contributed by atoms with E-state index in [2.05, 4.69) is 68.7 Å². The van der Waals surface area contributed by atoms with Crippen molar-refractivity contribution in [2.75, 3.05) is 19.7 Å². The van der Waals surface area contributed by atoms with Crippen molar-refractivity contribution in [2.24, 2.45) is 16.3 Å². The molecule has 1 aliphatic heterocycles. The molecule has 1 saturated heterocycles. The lowest BCUT2D eigenvalue weighted by Gasteiger charge is -2.39. The van der Waals surface area contributed by atoms with E-state index >= 15 is 0 Å². The number of rotatable bonds is 5. The smallest absolute Gasteiger partial charge is 0.191 e. The lowest BCUT2D eigenvalue weighted by Crippen LogP contribution is -2.43. The van der Waals surface area contributed by atoms with Crippen LogP contribution in [-0.2, 0) is 4.74 Å². The first kappa shape index (κ1) is 22.5. The third-order valence-electron chi connectivity index (χ3n) is 5.47. The van der Waals surface area contributed by atoms with Gasteiger partial charge in [-0.1, -0.05) is 51.1 Å². The first-order valence-electron chi connectivity index (χ1n) is 10.2. The van der Waals surface area contributed by atoms with Gasteiger partial charge in [0.05, 0.1) is 6.10 Å². The van der Waals surface area contributed by atoms with E-state index < -0.39 is 0 Å². The number of ether oxygens (including phenoxy) is 1. The number of aliphatic imine (C=N–C) groups is 1. The zero-order valence-electron chi connectivity index (χ0n) is 17.2. The Bertz CT molecular complexity index is 599. The molecule has 152 valence electrons. The van der Waals surface area contributed by atoms with E-state index in [0.29, 0.717) is 24.0 Å². The predicted molar refractivity (Wildman–Crippen MR) is 124 cm³/mol. The summed E-state index contributed by atoms with van der Waals surface area (Å²) >= 11 is 0. The van der Waals surface area contributed by atoms with Gasteiger partial charge in [0.15, 0.2) is 5.96 Å². The van der Waals surface area contributed by atoms with Crippen LogP contribution in [0.4, 0.5) is 0 Å². The van der Waals surface area contributed by atoms with Crippen molar-refractivity contribution in [3.8, 4) is 0 Å². The van der Waals surface area contributed by atoms with Gasteiger partial charge < -0.3 is 15.4 Å². The monoisotopic (exact) mass is 485 g/mol. The molecule has 0 aromatic heterocycles. The van der Waals surface area contributed by atoms with Crippen LogP contribution in [0.3, 0.4) is 0 Å². The summed E-state index contributed by atoms with van der Waals surface area (Å²) in [5, 5.41) is 7.05. The van der Waals surface area contributed by atoms with E-state index in [1.54, 1.807) is 0 Å². The molecule has 4 unspecified atom stereocenters. The summed E-state index contributed by atoms with van der Waals surface area (Å²) in [6.07, 6.45) is 3.84. The van der Waals surface area contributed by atoms with Gasteiger partial charge in [0.2, 0.25) is 0 Å². The topological polar surface area (TPSA) is 45.7 Å². The fourth-order valence-corrected chi connectivity index (χ4v) is 4.11. The summed E-state index contributed by atoms with van der Waals surface area (Å²) in [5.41, 5.74) is 1.59. The molecule has 0 bridgehead atoms. The molecule has 2 N–H and O–H groups in total. The molecule has 4 atom stereocenters. The van der Waals surface area contributed by atoms with E-state index in [0.717, 1.165) is 32.1 Å². The van der Waals surface area contributed by atoms with Crippen molar-refractivity contribution >= 4 is 29.9 Å². The molecule has 0 spiro atoms. The van der Waals surface area contributed by atoms with E-state index in [1.807, 2.05) is 0 Å². The van der Waals surface area contributed by atoms with Crippen molar-refractivity contribution < 1.29 is 4.74 Å². The van der Waals surface area contributed by atoms with E-state index in [-0.39, 0.29) is 29.4 Å². The van der Waals surface area contributed by atoms with Gasteiger partial charge in [0, 0.05) is 37.6 Å². The van der Waals surface area contributed by atoms with Gasteiger partial charge in [-0.2, -0.15) is 0 Å². The Kier molecular flexibility index (Phi) is 8.40. The Balaban J connectivity index is 0.00000261. The average molecular weight is 485 g/mol. The molecule has 1 aliphatic carbocycles. The standard InChI is InChI=1S/C22H35N3O.HI/c1-5-23-21(25-19-14-18(19)16-10-7-6-8-11-16)24-15-17-12-9-13-26-20(17)22(2,3)4;/h6-8,10-11,17-20H,5,9,12-15H2,1-4H3,(H2,23,24,25);1H. The van der Waals surface area contributed by atoms with Crippen LogP contribution >= 0.6 is 24.0 Å². The van der Waals surface area contributed by atoms with Crippen molar-refractivity contribution in [2.45, 2.75) is 65.0 Å². The fraction of sp³-hybridized carbons (Fsp3) is 0.682. The van der Waals surface area contributed by atoms with Crippen LogP contribution in [0, 0.1) is 11.3 Å². The van der Waals surface area contributed by atoms with Crippen LogP contribution in [0.1, 0.15) is 58.4 Å². The van der Waals surface area contributed by atoms with Gasteiger partial charge in [-0.25, -0.2) is 0 Å². The molecule has 5 heteroatoms. The van der Waals surface area contributed by atoms with Crippen LogP contribution < -0.4 is 10.6 Å². The maximum absolute atomic E-state index is 6.11. The zero-order valence-corrected chi connectivity index (χ0v) is 19.5.